The molecule has 3 aromatic rings. The topological polar surface area (TPSA) is 51.5 Å². The number of rotatable bonds is 7. The molecule has 1 N–H and O–H groups in total. The van der Waals surface area contributed by atoms with E-state index in [2.05, 4.69) is 12.1 Å². The molecule has 1 aromatic heterocycles. The molecule has 0 aliphatic carbocycles. The number of aliphatic hydroxyl groups excluding tert-OH is 1. The van der Waals surface area contributed by atoms with E-state index >= 15 is 0 Å². The second kappa shape index (κ2) is 8.31. The van der Waals surface area contributed by atoms with Crippen molar-refractivity contribution in [2.75, 3.05) is 6.61 Å². The maximum Gasteiger partial charge on any atom is 0.250 e. The Morgan fingerprint density at radius 2 is 1.56 bits per heavy atom. The maximum absolute atomic E-state index is 11.6. The van der Waals surface area contributed by atoms with E-state index in [-0.39, 0.29) is 12.2 Å². The Kier molecular flexibility index (Phi) is 5.65. The third kappa shape index (κ3) is 4.81. The molecule has 0 bridgehead atoms. The van der Waals surface area contributed by atoms with Crippen molar-refractivity contribution >= 4 is 0 Å². The van der Waals surface area contributed by atoms with Crippen LogP contribution in [0, 0.1) is 0 Å². The summed E-state index contributed by atoms with van der Waals surface area (Å²) in [6.07, 6.45) is 1.56. The average molecular weight is 335 g/mol. The first-order valence-electron chi connectivity index (χ1n) is 8.34. The predicted octanol–water partition coefficient (Wildman–Crippen LogP) is 3.35. The van der Waals surface area contributed by atoms with E-state index in [1.54, 1.807) is 22.9 Å². The molecule has 1 atom stereocenters. The van der Waals surface area contributed by atoms with E-state index in [4.69, 9.17) is 4.74 Å². The van der Waals surface area contributed by atoms with Gasteiger partial charge in [-0.15, -0.1) is 0 Å². The highest BCUT2D eigenvalue weighted by Crippen LogP contribution is 2.22. The van der Waals surface area contributed by atoms with Gasteiger partial charge in [-0.3, -0.25) is 4.79 Å². The number of pyridine rings is 1. The first kappa shape index (κ1) is 17.0. The van der Waals surface area contributed by atoms with Crippen LogP contribution in [0.3, 0.4) is 0 Å². The zero-order valence-electron chi connectivity index (χ0n) is 13.9. The molecule has 0 saturated heterocycles. The molecule has 4 heteroatoms. The van der Waals surface area contributed by atoms with E-state index in [1.807, 2.05) is 42.5 Å². The zero-order chi connectivity index (χ0) is 17.5. The van der Waals surface area contributed by atoms with Crippen LogP contribution in [0.1, 0.15) is 6.42 Å². The van der Waals surface area contributed by atoms with Gasteiger partial charge in [0, 0.05) is 18.8 Å². The number of ether oxygens (including phenoxy) is 1. The molecule has 128 valence electrons. The minimum absolute atomic E-state index is 0.0629. The maximum atomic E-state index is 11.6. The van der Waals surface area contributed by atoms with Crippen LogP contribution in [0.4, 0.5) is 0 Å². The Hall–Kier alpha value is -2.85. The Morgan fingerprint density at radius 3 is 2.28 bits per heavy atom. The van der Waals surface area contributed by atoms with Crippen molar-refractivity contribution in [3.05, 3.63) is 89.3 Å². The van der Waals surface area contributed by atoms with Gasteiger partial charge in [0.25, 0.3) is 0 Å². The van der Waals surface area contributed by atoms with Gasteiger partial charge in [0.1, 0.15) is 12.4 Å². The summed E-state index contributed by atoms with van der Waals surface area (Å²) in [5.74, 6) is 0.718. The fourth-order valence-corrected chi connectivity index (χ4v) is 2.58. The number of nitrogens with zero attached hydrogens (tertiary/aromatic N) is 1. The molecule has 0 aliphatic heterocycles. The van der Waals surface area contributed by atoms with Crippen molar-refractivity contribution < 1.29 is 9.84 Å². The van der Waals surface area contributed by atoms with E-state index in [9.17, 15) is 9.90 Å². The summed E-state index contributed by atoms with van der Waals surface area (Å²) in [5.41, 5.74) is 2.21. The second-order valence-corrected chi connectivity index (χ2v) is 5.88. The molecule has 0 aliphatic rings. The van der Waals surface area contributed by atoms with Crippen LogP contribution in [-0.2, 0) is 6.54 Å². The largest absolute Gasteiger partial charge is 0.491 e. The highest BCUT2D eigenvalue weighted by molar-refractivity contribution is 5.63. The van der Waals surface area contributed by atoms with E-state index in [0.717, 1.165) is 16.9 Å². The van der Waals surface area contributed by atoms with Crippen molar-refractivity contribution in [2.45, 2.75) is 19.1 Å². The van der Waals surface area contributed by atoms with E-state index in [0.29, 0.717) is 13.0 Å². The fraction of sp³-hybridized carbons (Fsp3) is 0.190. The van der Waals surface area contributed by atoms with Crippen LogP contribution in [0.2, 0.25) is 0 Å². The summed E-state index contributed by atoms with van der Waals surface area (Å²) in [5, 5.41) is 10.1. The minimum Gasteiger partial charge on any atom is -0.491 e. The zero-order valence-corrected chi connectivity index (χ0v) is 13.9. The third-order valence-electron chi connectivity index (χ3n) is 4.01. The number of aromatic nitrogens is 1. The van der Waals surface area contributed by atoms with Gasteiger partial charge in [0.05, 0.1) is 6.10 Å². The average Bonchev–Trinajstić information content (AvgIpc) is 2.67. The number of benzene rings is 2. The molecule has 25 heavy (non-hydrogen) atoms. The van der Waals surface area contributed by atoms with Crippen LogP contribution in [0.5, 0.6) is 5.75 Å². The lowest BCUT2D eigenvalue weighted by molar-refractivity contribution is 0.0958. The van der Waals surface area contributed by atoms with Gasteiger partial charge in [-0.1, -0.05) is 48.5 Å². The van der Waals surface area contributed by atoms with Gasteiger partial charge < -0.3 is 14.4 Å². The molecule has 4 nitrogen and oxygen atoms in total. The predicted molar refractivity (Wildman–Crippen MR) is 98.7 cm³/mol. The Morgan fingerprint density at radius 1 is 0.880 bits per heavy atom. The molecule has 1 heterocycles. The van der Waals surface area contributed by atoms with Gasteiger partial charge in [0.15, 0.2) is 0 Å². The van der Waals surface area contributed by atoms with Crippen LogP contribution in [0.25, 0.3) is 11.1 Å². The van der Waals surface area contributed by atoms with E-state index in [1.165, 1.54) is 6.07 Å². The van der Waals surface area contributed by atoms with Crippen molar-refractivity contribution in [1.29, 1.82) is 0 Å². The monoisotopic (exact) mass is 335 g/mol. The molecule has 0 radical (unpaired) electrons. The number of aryl methyl sites for hydroxylation is 1. The lowest BCUT2D eigenvalue weighted by Gasteiger charge is -2.13. The number of aliphatic hydroxyl groups is 1. The van der Waals surface area contributed by atoms with E-state index < -0.39 is 6.10 Å². The minimum atomic E-state index is -0.624. The summed E-state index contributed by atoms with van der Waals surface area (Å²) in [6.45, 7) is 0.670. The van der Waals surface area contributed by atoms with Crippen LogP contribution in [-0.4, -0.2) is 22.4 Å². The van der Waals surface area contributed by atoms with Crippen molar-refractivity contribution in [1.82, 2.24) is 4.57 Å². The first-order chi connectivity index (χ1) is 12.2. The molecule has 0 saturated carbocycles. The quantitative estimate of drug-likeness (QED) is 0.720. The highest BCUT2D eigenvalue weighted by atomic mass is 16.5. The highest BCUT2D eigenvalue weighted by Gasteiger charge is 2.07. The van der Waals surface area contributed by atoms with Gasteiger partial charge in [-0.05, 0) is 35.7 Å². The molecule has 2 aromatic carbocycles. The van der Waals surface area contributed by atoms with Crippen molar-refractivity contribution in [2.24, 2.45) is 0 Å². The van der Waals surface area contributed by atoms with Crippen LogP contribution in [0.15, 0.2) is 83.8 Å². The molecule has 0 amide bonds. The summed E-state index contributed by atoms with van der Waals surface area (Å²) in [4.78, 5) is 11.6. The van der Waals surface area contributed by atoms with Gasteiger partial charge in [-0.2, -0.15) is 0 Å². The summed E-state index contributed by atoms with van der Waals surface area (Å²) < 4.78 is 7.22. The molecule has 3 rings (SSSR count). The second-order valence-electron chi connectivity index (χ2n) is 5.88. The Bertz CT molecular complexity index is 841. The SMILES string of the molecule is O=c1ccccn1CCC(O)COc1ccc(-c2ccccc2)cc1. The molecule has 0 spiro atoms. The molecular formula is C21H21NO3. The van der Waals surface area contributed by atoms with Gasteiger partial charge in [0.2, 0.25) is 5.56 Å². The Labute approximate surface area is 147 Å². The van der Waals surface area contributed by atoms with Gasteiger partial charge in [-0.25, -0.2) is 0 Å². The summed E-state index contributed by atoms with van der Waals surface area (Å²) in [6, 6.07) is 23.0. The van der Waals surface area contributed by atoms with Gasteiger partial charge >= 0.3 is 0 Å². The summed E-state index contributed by atoms with van der Waals surface area (Å²) >= 11 is 0. The van der Waals surface area contributed by atoms with Crippen LogP contribution >= 0.6 is 0 Å². The lowest BCUT2D eigenvalue weighted by atomic mass is 10.1. The van der Waals surface area contributed by atoms with Crippen molar-refractivity contribution in [3.63, 3.8) is 0 Å². The normalized spacial score (nSPS) is 11.9. The Balaban J connectivity index is 1.50. The van der Waals surface area contributed by atoms with Crippen molar-refractivity contribution in [3.8, 4) is 16.9 Å². The summed E-state index contributed by atoms with van der Waals surface area (Å²) in [7, 11) is 0. The number of hydrogen-bond donors (Lipinski definition) is 1. The smallest absolute Gasteiger partial charge is 0.250 e. The standard InChI is InChI=1S/C21H21NO3/c23-19(13-15-22-14-5-4-8-21(22)24)16-25-20-11-9-18(10-12-20)17-6-2-1-3-7-17/h1-12,14,19,23H,13,15-16H2. The fourth-order valence-electron chi connectivity index (χ4n) is 2.58. The van der Waals surface area contributed by atoms with Crippen LogP contribution < -0.4 is 10.3 Å². The number of hydrogen-bond acceptors (Lipinski definition) is 3. The molecular weight excluding hydrogens is 314 g/mol. The molecule has 1 unspecified atom stereocenters. The molecule has 0 fully saturated rings. The first-order valence-corrected chi connectivity index (χ1v) is 8.34. The third-order valence-corrected chi connectivity index (χ3v) is 4.01. The lowest BCUT2D eigenvalue weighted by Crippen LogP contribution is -2.24.